The van der Waals surface area contributed by atoms with E-state index in [9.17, 15) is 4.79 Å². The quantitative estimate of drug-likeness (QED) is 0.596. The molecule has 6 nitrogen and oxygen atoms in total. The molecule has 4 rings (SSSR count). The Hall–Kier alpha value is -2.57. The van der Waals surface area contributed by atoms with E-state index >= 15 is 4.39 Å². The second kappa shape index (κ2) is 8.41. The first-order valence-corrected chi connectivity index (χ1v) is 11.6. The molecule has 0 saturated heterocycles. The Labute approximate surface area is 189 Å². The number of benzene rings is 1. The molecule has 1 amide bonds. The fourth-order valence-corrected chi connectivity index (χ4v) is 5.44. The Kier molecular flexibility index (Phi) is 5.94. The number of carbonyl (C=O) groups excluding carboxylic acids is 1. The highest BCUT2D eigenvalue weighted by molar-refractivity contribution is 5.77. The fraction of sp³-hybridized carbons (Fsp3) is 0.600. The number of alkyl carbamates (subject to hydrolysis) is 1. The monoisotopic (exact) mass is 443 g/mol. The van der Waals surface area contributed by atoms with Crippen molar-refractivity contribution in [3.63, 3.8) is 0 Å². The molecule has 174 valence electrons. The summed E-state index contributed by atoms with van der Waals surface area (Å²) in [6, 6.07) is 2.00. The average Bonchev–Trinajstić information content (AvgIpc) is 3.06. The smallest absolute Gasteiger partial charge is 0.407 e. The van der Waals surface area contributed by atoms with Crippen molar-refractivity contribution in [2.75, 3.05) is 5.32 Å². The van der Waals surface area contributed by atoms with Crippen LogP contribution in [-0.4, -0.2) is 28.9 Å². The number of rotatable bonds is 3. The fourth-order valence-electron chi connectivity index (χ4n) is 5.44. The van der Waals surface area contributed by atoms with Gasteiger partial charge in [0, 0.05) is 28.8 Å². The predicted molar refractivity (Wildman–Crippen MR) is 123 cm³/mol. The van der Waals surface area contributed by atoms with Crippen LogP contribution in [0.1, 0.15) is 81.4 Å². The van der Waals surface area contributed by atoms with Gasteiger partial charge in [0.1, 0.15) is 17.7 Å². The second-order valence-electron chi connectivity index (χ2n) is 9.98. The van der Waals surface area contributed by atoms with Gasteiger partial charge in [-0.1, -0.05) is 31.3 Å². The van der Waals surface area contributed by atoms with Gasteiger partial charge in [-0.3, -0.25) is 0 Å². The van der Waals surface area contributed by atoms with Crippen LogP contribution in [0.2, 0.25) is 0 Å². The average molecular weight is 444 g/mol. The number of aromatic nitrogens is 1. The second-order valence-corrected chi connectivity index (χ2v) is 9.98. The van der Waals surface area contributed by atoms with E-state index in [0.717, 1.165) is 36.9 Å². The molecular formula is C25H34FN3O3. The summed E-state index contributed by atoms with van der Waals surface area (Å²) in [4.78, 5) is 12.7. The molecule has 0 bridgehead atoms. The highest BCUT2D eigenvalue weighted by Crippen LogP contribution is 2.46. The first kappa shape index (κ1) is 22.6. The van der Waals surface area contributed by atoms with Crippen molar-refractivity contribution in [2.24, 2.45) is 0 Å². The molecule has 1 aliphatic carbocycles. The van der Waals surface area contributed by atoms with Crippen molar-refractivity contribution >= 4 is 11.8 Å². The van der Waals surface area contributed by atoms with E-state index in [0.29, 0.717) is 28.1 Å². The number of hydrogen-bond donors (Lipinski definition) is 2. The van der Waals surface area contributed by atoms with E-state index in [1.54, 1.807) is 6.92 Å². The maximum atomic E-state index is 16.0. The van der Waals surface area contributed by atoms with Gasteiger partial charge in [0.2, 0.25) is 0 Å². The van der Waals surface area contributed by atoms with Gasteiger partial charge in [-0.2, -0.15) is 0 Å². The Morgan fingerprint density at radius 2 is 1.94 bits per heavy atom. The van der Waals surface area contributed by atoms with Crippen LogP contribution in [0.4, 0.5) is 14.9 Å². The van der Waals surface area contributed by atoms with Crippen LogP contribution < -0.4 is 10.6 Å². The molecular weight excluding hydrogens is 409 g/mol. The number of nitrogens with one attached hydrogen (secondary N) is 2. The molecule has 2 aliphatic rings. The molecule has 0 spiro atoms. The number of aryl methyl sites for hydroxylation is 3. The third-order valence-electron chi connectivity index (χ3n) is 7.03. The number of carbonyl (C=O) groups is 1. The summed E-state index contributed by atoms with van der Waals surface area (Å²) in [6.45, 7) is 11.5. The maximum absolute atomic E-state index is 16.0. The Morgan fingerprint density at radius 3 is 2.56 bits per heavy atom. The van der Waals surface area contributed by atoms with E-state index in [1.807, 2.05) is 40.7 Å². The van der Waals surface area contributed by atoms with Crippen molar-refractivity contribution in [1.29, 1.82) is 0 Å². The maximum Gasteiger partial charge on any atom is 0.407 e. The zero-order valence-corrected chi connectivity index (χ0v) is 19.9. The van der Waals surface area contributed by atoms with E-state index in [-0.39, 0.29) is 17.8 Å². The van der Waals surface area contributed by atoms with Gasteiger partial charge in [-0.05, 0) is 59.1 Å². The molecule has 2 N–H and O–H groups in total. The highest BCUT2D eigenvalue weighted by Gasteiger charge is 2.45. The van der Waals surface area contributed by atoms with Gasteiger partial charge in [0.15, 0.2) is 0 Å². The van der Waals surface area contributed by atoms with Gasteiger partial charge in [0.25, 0.3) is 0 Å². The summed E-state index contributed by atoms with van der Waals surface area (Å²) in [5.74, 6) is -0.0774. The number of fused-ring (bicyclic) bond motifs is 1. The van der Waals surface area contributed by atoms with Crippen LogP contribution in [0.5, 0.6) is 0 Å². The molecule has 32 heavy (non-hydrogen) atoms. The Morgan fingerprint density at radius 1 is 1.25 bits per heavy atom. The van der Waals surface area contributed by atoms with E-state index < -0.39 is 17.7 Å². The van der Waals surface area contributed by atoms with Gasteiger partial charge >= 0.3 is 6.09 Å². The standard InChI is InChI=1S/C25H34FN3O3/c1-13-12-18(20-15(3)29-32-16(20)4)21(26)19-14(2)23(25(5,6)28-22(13)19)31-24(30)27-17-10-8-7-9-11-17/h12,14,17,23,28H,7-11H2,1-6H3,(H,27,30)/t14-,23+/m0/s1. The van der Waals surface area contributed by atoms with Crippen LogP contribution in [-0.2, 0) is 4.74 Å². The highest BCUT2D eigenvalue weighted by atomic mass is 19.1. The number of nitrogens with zero attached hydrogens (tertiary/aromatic N) is 1. The molecule has 1 aromatic carbocycles. The normalized spacial score (nSPS) is 22.7. The molecule has 1 saturated carbocycles. The number of hydrogen-bond acceptors (Lipinski definition) is 5. The van der Waals surface area contributed by atoms with E-state index in [2.05, 4.69) is 15.8 Å². The summed E-state index contributed by atoms with van der Waals surface area (Å²) >= 11 is 0. The van der Waals surface area contributed by atoms with Crippen LogP contribution in [0.25, 0.3) is 11.1 Å². The van der Waals surface area contributed by atoms with Crippen LogP contribution in [0.3, 0.4) is 0 Å². The minimum absolute atomic E-state index is 0.156. The third kappa shape index (κ3) is 3.97. The molecule has 2 heterocycles. The number of ether oxygens (including phenoxy) is 1. The zero-order valence-electron chi connectivity index (χ0n) is 19.9. The Balaban J connectivity index is 1.67. The predicted octanol–water partition coefficient (Wildman–Crippen LogP) is 6.14. The van der Waals surface area contributed by atoms with E-state index in [1.165, 1.54) is 6.42 Å². The van der Waals surface area contributed by atoms with Gasteiger partial charge in [-0.15, -0.1) is 0 Å². The summed E-state index contributed by atoms with van der Waals surface area (Å²) < 4.78 is 27.2. The van der Waals surface area contributed by atoms with Crippen molar-refractivity contribution in [3.05, 3.63) is 34.5 Å². The summed E-state index contributed by atoms with van der Waals surface area (Å²) in [7, 11) is 0. The molecule has 7 heteroatoms. The lowest BCUT2D eigenvalue weighted by atomic mass is 9.76. The lowest BCUT2D eigenvalue weighted by Gasteiger charge is -2.45. The topological polar surface area (TPSA) is 76.4 Å². The molecule has 0 unspecified atom stereocenters. The Bertz CT molecular complexity index is 1000. The first-order chi connectivity index (χ1) is 15.1. The molecule has 1 aliphatic heterocycles. The van der Waals surface area contributed by atoms with Crippen LogP contribution >= 0.6 is 0 Å². The molecule has 1 aromatic heterocycles. The minimum Gasteiger partial charge on any atom is -0.443 e. The minimum atomic E-state index is -0.557. The molecule has 1 fully saturated rings. The number of halogens is 1. The van der Waals surface area contributed by atoms with Gasteiger partial charge < -0.3 is 19.9 Å². The van der Waals surface area contributed by atoms with Crippen LogP contribution in [0, 0.1) is 26.6 Å². The zero-order chi connectivity index (χ0) is 23.2. The summed E-state index contributed by atoms with van der Waals surface area (Å²) in [5.41, 5.74) is 3.48. The molecule has 2 atom stereocenters. The lowest BCUT2D eigenvalue weighted by Crippen LogP contribution is -2.54. The van der Waals surface area contributed by atoms with Crippen molar-refractivity contribution in [1.82, 2.24) is 10.5 Å². The van der Waals surface area contributed by atoms with Crippen molar-refractivity contribution in [2.45, 2.75) is 97.2 Å². The number of anilines is 1. The SMILES string of the molecule is Cc1cc(-c2c(C)noc2C)c(F)c2c1NC(C)(C)[C@H](OC(=O)NC1CCCCC1)[C@H]2C. The van der Waals surface area contributed by atoms with Crippen LogP contribution in [0.15, 0.2) is 10.6 Å². The van der Waals surface area contributed by atoms with E-state index in [4.69, 9.17) is 9.26 Å². The molecule has 0 radical (unpaired) electrons. The largest absolute Gasteiger partial charge is 0.443 e. The first-order valence-electron chi connectivity index (χ1n) is 11.6. The van der Waals surface area contributed by atoms with Gasteiger partial charge in [-0.25, -0.2) is 9.18 Å². The lowest BCUT2D eigenvalue weighted by molar-refractivity contribution is 0.0438. The summed E-state index contributed by atoms with van der Waals surface area (Å²) in [5, 5.41) is 10.5. The molecule has 2 aromatic rings. The third-order valence-corrected chi connectivity index (χ3v) is 7.03. The van der Waals surface area contributed by atoms with Crippen molar-refractivity contribution < 1.29 is 18.4 Å². The van der Waals surface area contributed by atoms with Gasteiger partial charge in [0.05, 0.1) is 16.8 Å². The summed E-state index contributed by atoms with van der Waals surface area (Å²) in [6.07, 6.45) is 4.47. The number of amides is 1. The van der Waals surface area contributed by atoms with Crippen molar-refractivity contribution in [3.8, 4) is 11.1 Å².